The molecule has 0 saturated heterocycles. The first-order valence-electron chi connectivity index (χ1n) is 13.5. The predicted molar refractivity (Wildman–Crippen MR) is 140 cm³/mol. The van der Waals surface area contributed by atoms with Crippen LogP contribution in [-0.4, -0.2) is 66.8 Å². The smallest absolute Gasteiger partial charge is 0.408 e. The van der Waals surface area contributed by atoms with E-state index in [1.165, 1.54) is 19.1 Å². The van der Waals surface area contributed by atoms with Gasteiger partial charge < -0.3 is 25.0 Å². The lowest BCUT2D eigenvalue weighted by molar-refractivity contribution is -0.167. The summed E-state index contributed by atoms with van der Waals surface area (Å²) in [6.07, 6.45) is -1.82. The fourth-order valence-electron chi connectivity index (χ4n) is 4.84. The molecule has 1 aromatic carbocycles. The van der Waals surface area contributed by atoms with Gasteiger partial charge in [-0.1, -0.05) is 6.07 Å². The molecule has 2 fully saturated rings. The average Bonchev–Trinajstić information content (AvgIpc) is 3.77. The Labute approximate surface area is 236 Å². The molecule has 2 aliphatic carbocycles. The van der Waals surface area contributed by atoms with Crippen LogP contribution in [0.15, 0.2) is 18.2 Å². The molecule has 2 N–H and O–H groups in total. The van der Waals surface area contributed by atoms with Crippen LogP contribution in [0.4, 0.5) is 28.0 Å². The Hall–Kier alpha value is -3.38. The van der Waals surface area contributed by atoms with Crippen molar-refractivity contribution in [2.24, 2.45) is 17.8 Å². The summed E-state index contributed by atoms with van der Waals surface area (Å²) in [6, 6.07) is 2.49. The van der Waals surface area contributed by atoms with Crippen molar-refractivity contribution in [1.29, 1.82) is 0 Å². The second-order valence-electron chi connectivity index (χ2n) is 11.7. The number of carbonyl (C=O) groups is 4. The fourth-order valence-corrected chi connectivity index (χ4v) is 4.84. The molecule has 0 heterocycles. The number of ether oxygens (including phenoxy) is 2. The lowest BCUT2D eigenvalue weighted by atomic mass is 9.88. The van der Waals surface area contributed by atoms with Gasteiger partial charge in [-0.2, -0.15) is 13.2 Å². The van der Waals surface area contributed by atoms with Gasteiger partial charge in [0, 0.05) is 0 Å². The lowest BCUT2D eigenvalue weighted by Crippen LogP contribution is -2.51. The number of alkyl carbamates (subject to hydrolysis) is 1. The number of anilines is 1. The predicted octanol–water partition coefficient (Wildman–Crippen LogP) is 4.76. The monoisotopic (exact) mass is 587 g/mol. The number of hydrogen-bond acceptors (Lipinski definition) is 6. The molecule has 228 valence electrons. The number of esters is 1. The van der Waals surface area contributed by atoms with Gasteiger partial charge in [-0.05, 0) is 88.8 Å². The lowest BCUT2D eigenvalue weighted by Gasteiger charge is -2.29. The quantitative estimate of drug-likeness (QED) is 0.285. The van der Waals surface area contributed by atoms with Crippen LogP contribution in [0.2, 0.25) is 0 Å². The number of benzene rings is 1. The van der Waals surface area contributed by atoms with Gasteiger partial charge in [0.25, 0.3) is 0 Å². The minimum Gasteiger partial charge on any atom is -0.468 e. The molecule has 3 amide bonds. The van der Waals surface area contributed by atoms with Gasteiger partial charge in [0.05, 0.1) is 18.7 Å². The van der Waals surface area contributed by atoms with Crippen molar-refractivity contribution in [1.82, 2.24) is 10.2 Å². The van der Waals surface area contributed by atoms with E-state index in [-0.39, 0.29) is 29.0 Å². The van der Waals surface area contributed by atoms with E-state index in [1.807, 2.05) is 0 Å². The third-order valence-electron chi connectivity index (χ3n) is 7.02. The van der Waals surface area contributed by atoms with E-state index in [0.29, 0.717) is 4.90 Å². The highest BCUT2D eigenvalue weighted by molar-refractivity contribution is 5.97. The molecule has 9 nitrogen and oxygen atoms in total. The standard InChI is InChI=1S/C28H37F4N3O6/c1-15(25(38)35(13-21(36)40-5)14-28(30,31)32)18-10-11-20(19(29)12-18)33-24(37)23(34-26(39)41-27(2,3)4)22(16-6-7-16)17-8-9-17/h10-12,15-17,22-23H,6-9,13-14H2,1-5H3,(H,33,37)(H,34,39)/t15?,23-/m0/s1. The van der Waals surface area contributed by atoms with Crippen molar-refractivity contribution >= 4 is 29.6 Å². The Bertz CT molecular complexity index is 1130. The highest BCUT2D eigenvalue weighted by Crippen LogP contribution is 2.51. The van der Waals surface area contributed by atoms with E-state index < -0.39 is 66.5 Å². The second kappa shape index (κ2) is 12.6. The summed E-state index contributed by atoms with van der Waals surface area (Å²) in [7, 11) is 0.982. The number of rotatable bonds is 11. The van der Waals surface area contributed by atoms with Crippen LogP contribution in [-0.2, 0) is 23.9 Å². The van der Waals surface area contributed by atoms with Crippen LogP contribution in [0.1, 0.15) is 64.9 Å². The normalized spacial score (nSPS) is 16.9. The largest absolute Gasteiger partial charge is 0.468 e. The zero-order valence-electron chi connectivity index (χ0n) is 23.8. The first-order chi connectivity index (χ1) is 19.0. The van der Waals surface area contributed by atoms with Crippen LogP contribution in [0.5, 0.6) is 0 Å². The number of nitrogens with zero attached hydrogens (tertiary/aromatic N) is 1. The Morgan fingerprint density at radius 1 is 1.05 bits per heavy atom. The van der Waals surface area contributed by atoms with Gasteiger partial charge >= 0.3 is 18.2 Å². The molecule has 0 aliphatic heterocycles. The zero-order valence-corrected chi connectivity index (χ0v) is 23.8. The van der Waals surface area contributed by atoms with Crippen molar-refractivity contribution in [2.75, 3.05) is 25.5 Å². The summed E-state index contributed by atoms with van der Waals surface area (Å²) in [6.45, 7) is 3.76. The molecule has 13 heteroatoms. The number of carbonyl (C=O) groups excluding carboxylic acids is 4. The molecule has 1 aromatic rings. The third kappa shape index (κ3) is 9.60. The van der Waals surface area contributed by atoms with Gasteiger partial charge in [-0.15, -0.1) is 0 Å². The van der Waals surface area contributed by atoms with Crippen LogP contribution in [0.3, 0.4) is 0 Å². The molecule has 0 spiro atoms. The summed E-state index contributed by atoms with van der Waals surface area (Å²) in [5.41, 5.74) is -0.969. The first-order valence-corrected chi connectivity index (χ1v) is 13.5. The van der Waals surface area contributed by atoms with Crippen LogP contribution in [0.25, 0.3) is 0 Å². The molecule has 3 rings (SSSR count). The molecule has 41 heavy (non-hydrogen) atoms. The third-order valence-corrected chi connectivity index (χ3v) is 7.02. The number of methoxy groups -OCH3 is 1. The van der Waals surface area contributed by atoms with Crippen molar-refractivity contribution < 1.29 is 46.2 Å². The summed E-state index contributed by atoms with van der Waals surface area (Å²) in [5.74, 6) is -4.48. The van der Waals surface area contributed by atoms with E-state index in [1.54, 1.807) is 20.8 Å². The van der Waals surface area contributed by atoms with E-state index in [9.17, 15) is 32.3 Å². The fraction of sp³-hybridized carbons (Fsp3) is 0.643. The minimum atomic E-state index is -4.77. The topological polar surface area (TPSA) is 114 Å². The molecule has 0 radical (unpaired) electrons. The number of halogens is 4. The van der Waals surface area contributed by atoms with Gasteiger partial charge in [0.2, 0.25) is 11.8 Å². The van der Waals surface area contributed by atoms with E-state index in [2.05, 4.69) is 15.4 Å². The molecule has 1 unspecified atom stereocenters. The van der Waals surface area contributed by atoms with Crippen LogP contribution in [0, 0.1) is 23.6 Å². The van der Waals surface area contributed by atoms with Gasteiger partial charge in [-0.25, -0.2) is 9.18 Å². The molecule has 2 atom stereocenters. The highest BCUT2D eigenvalue weighted by Gasteiger charge is 2.48. The number of nitrogens with one attached hydrogen (secondary N) is 2. The van der Waals surface area contributed by atoms with Crippen LogP contribution < -0.4 is 10.6 Å². The molecule has 0 aromatic heterocycles. The Kier molecular flexibility index (Phi) is 9.91. The summed E-state index contributed by atoms with van der Waals surface area (Å²) < 4.78 is 64.0. The molecule has 2 aliphatic rings. The van der Waals surface area contributed by atoms with Gasteiger partial charge in [-0.3, -0.25) is 14.4 Å². The van der Waals surface area contributed by atoms with Crippen molar-refractivity contribution in [2.45, 2.75) is 77.1 Å². The molecule has 0 bridgehead atoms. The van der Waals surface area contributed by atoms with E-state index in [0.717, 1.165) is 38.9 Å². The second-order valence-corrected chi connectivity index (χ2v) is 11.7. The van der Waals surface area contributed by atoms with Crippen molar-refractivity contribution in [3.05, 3.63) is 29.6 Å². The van der Waals surface area contributed by atoms with Gasteiger partial charge in [0.15, 0.2) is 0 Å². The number of amides is 3. The van der Waals surface area contributed by atoms with E-state index >= 15 is 4.39 Å². The highest BCUT2D eigenvalue weighted by atomic mass is 19.4. The molecule has 2 saturated carbocycles. The average molecular weight is 588 g/mol. The SMILES string of the molecule is COC(=O)CN(CC(F)(F)F)C(=O)C(C)c1ccc(NC(=O)[C@@H](NC(=O)OC(C)(C)C)C(C2CC2)C2CC2)c(F)c1. The van der Waals surface area contributed by atoms with Gasteiger partial charge in [0.1, 0.15) is 30.5 Å². The zero-order chi connectivity index (χ0) is 30.7. The van der Waals surface area contributed by atoms with E-state index in [4.69, 9.17) is 4.74 Å². The van der Waals surface area contributed by atoms with Crippen molar-refractivity contribution in [3.8, 4) is 0 Å². The Morgan fingerprint density at radius 3 is 2.10 bits per heavy atom. The maximum Gasteiger partial charge on any atom is 0.408 e. The maximum atomic E-state index is 15.2. The van der Waals surface area contributed by atoms with Crippen LogP contribution >= 0.6 is 0 Å². The molecular weight excluding hydrogens is 550 g/mol. The Morgan fingerprint density at radius 2 is 1.63 bits per heavy atom. The molecular formula is C28H37F4N3O6. The summed E-state index contributed by atoms with van der Waals surface area (Å²) in [5, 5.41) is 5.19. The number of alkyl halides is 3. The maximum absolute atomic E-state index is 15.2. The summed E-state index contributed by atoms with van der Waals surface area (Å²) >= 11 is 0. The minimum absolute atomic E-state index is 0.0415. The summed E-state index contributed by atoms with van der Waals surface area (Å²) in [4.78, 5) is 50.7. The first kappa shape index (κ1) is 32.1. The Balaban J connectivity index is 1.77. The number of hydrogen-bond donors (Lipinski definition) is 2. The van der Waals surface area contributed by atoms with Crippen molar-refractivity contribution in [3.63, 3.8) is 0 Å².